The van der Waals surface area contributed by atoms with E-state index < -0.39 is 0 Å². The number of hydrogen-bond donors (Lipinski definition) is 3. The van der Waals surface area contributed by atoms with Crippen LogP contribution in [-0.4, -0.2) is 28.1 Å². The second-order valence-electron chi connectivity index (χ2n) is 5.23. The monoisotopic (exact) mass is 251 g/mol. The van der Waals surface area contributed by atoms with E-state index in [1.165, 1.54) is 6.20 Å². The normalized spacial score (nSPS) is 11.3. The van der Waals surface area contributed by atoms with Gasteiger partial charge in [0.1, 0.15) is 5.75 Å². The third-order valence-electron chi connectivity index (χ3n) is 2.16. The summed E-state index contributed by atoms with van der Waals surface area (Å²) in [5, 5.41) is 15.1. The Hall–Kier alpha value is -1.62. The highest BCUT2D eigenvalue weighted by Crippen LogP contribution is 2.05. The molecule has 1 amide bonds. The van der Waals surface area contributed by atoms with Crippen LogP contribution in [0.1, 0.15) is 32.9 Å². The quantitative estimate of drug-likeness (QED) is 0.687. The molecule has 0 aliphatic carbocycles. The Bertz CT molecular complexity index is 382. The van der Waals surface area contributed by atoms with Gasteiger partial charge in [-0.15, -0.1) is 0 Å². The minimum Gasteiger partial charge on any atom is -0.506 e. The molecule has 1 aromatic rings. The maximum absolute atomic E-state index is 11.5. The summed E-state index contributed by atoms with van der Waals surface area (Å²) in [5.74, 6) is 0.192. The van der Waals surface area contributed by atoms with Gasteiger partial charge in [-0.3, -0.25) is 9.78 Å². The molecule has 100 valence electrons. The van der Waals surface area contributed by atoms with Crippen molar-refractivity contribution in [3.63, 3.8) is 0 Å². The van der Waals surface area contributed by atoms with Crippen LogP contribution in [-0.2, 0) is 11.3 Å². The van der Waals surface area contributed by atoms with Gasteiger partial charge in [0.2, 0.25) is 5.91 Å². The number of amides is 1. The Morgan fingerprint density at radius 1 is 1.39 bits per heavy atom. The molecule has 0 aliphatic rings. The topological polar surface area (TPSA) is 74.2 Å². The first kappa shape index (κ1) is 14.4. The summed E-state index contributed by atoms with van der Waals surface area (Å²) in [5.41, 5.74) is 0.652. The number of carbonyl (C=O) groups is 1. The molecule has 18 heavy (non-hydrogen) atoms. The van der Waals surface area contributed by atoms with Crippen molar-refractivity contribution in [2.45, 2.75) is 39.3 Å². The third-order valence-corrected chi connectivity index (χ3v) is 2.16. The first-order valence-electron chi connectivity index (χ1n) is 6.02. The minimum atomic E-state index is -0.185. The Balaban J connectivity index is 2.19. The molecule has 0 saturated carbocycles. The zero-order valence-electron chi connectivity index (χ0n) is 11.2. The van der Waals surface area contributed by atoms with Crippen molar-refractivity contribution in [3.8, 4) is 5.75 Å². The van der Waals surface area contributed by atoms with Gasteiger partial charge in [-0.2, -0.15) is 0 Å². The molecular formula is C13H21N3O2. The van der Waals surface area contributed by atoms with Gasteiger partial charge in [-0.05, 0) is 32.9 Å². The molecule has 0 fully saturated rings. The predicted molar refractivity (Wildman–Crippen MR) is 70.1 cm³/mol. The van der Waals surface area contributed by atoms with E-state index in [0.717, 1.165) is 5.69 Å². The zero-order chi connectivity index (χ0) is 13.6. The summed E-state index contributed by atoms with van der Waals surface area (Å²) < 4.78 is 0. The van der Waals surface area contributed by atoms with Gasteiger partial charge in [-0.25, -0.2) is 0 Å². The molecule has 5 heteroatoms. The molecule has 3 N–H and O–H groups in total. The highest BCUT2D eigenvalue weighted by atomic mass is 16.3. The van der Waals surface area contributed by atoms with E-state index in [4.69, 9.17) is 5.11 Å². The van der Waals surface area contributed by atoms with Crippen molar-refractivity contribution >= 4 is 5.91 Å². The molecular weight excluding hydrogens is 230 g/mol. The number of aromatic nitrogens is 1. The van der Waals surface area contributed by atoms with Crippen molar-refractivity contribution in [1.82, 2.24) is 15.6 Å². The van der Waals surface area contributed by atoms with Crippen LogP contribution in [0.4, 0.5) is 0 Å². The van der Waals surface area contributed by atoms with Crippen molar-refractivity contribution in [1.29, 1.82) is 0 Å². The van der Waals surface area contributed by atoms with Crippen LogP contribution >= 0.6 is 0 Å². The molecule has 0 spiro atoms. The van der Waals surface area contributed by atoms with E-state index in [-0.39, 0.29) is 17.2 Å². The summed E-state index contributed by atoms with van der Waals surface area (Å²) in [4.78, 5) is 15.6. The molecule has 1 rings (SSSR count). The lowest BCUT2D eigenvalue weighted by molar-refractivity contribution is -0.122. The molecule has 0 unspecified atom stereocenters. The highest BCUT2D eigenvalue weighted by molar-refractivity contribution is 5.76. The summed E-state index contributed by atoms with van der Waals surface area (Å²) in [6, 6.07) is 3.34. The predicted octanol–water partition coefficient (Wildman–Crippen LogP) is 1.18. The number of pyridine rings is 1. The smallest absolute Gasteiger partial charge is 0.221 e. The van der Waals surface area contributed by atoms with E-state index in [1.807, 2.05) is 20.8 Å². The van der Waals surface area contributed by atoms with Gasteiger partial charge in [0, 0.05) is 25.0 Å². The fourth-order valence-corrected chi connectivity index (χ4v) is 1.42. The van der Waals surface area contributed by atoms with Crippen LogP contribution in [0.15, 0.2) is 18.3 Å². The van der Waals surface area contributed by atoms with Crippen LogP contribution in [0, 0.1) is 0 Å². The molecule has 0 saturated heterocycles. The molecule has 0 bridgehead atoms. The number of hydrogen-bond acceptors (Lipinski definition) is 4. The van der Waals surface area contributed by atoms with Gasteiger partial charge in [-0.1, -0.05) is 0 Å². The SMILES string of the molecule is CC(C)(C)NC(=O)CCNCc1ccc(O)cn1. The maximum Gasteiger partial charge on any atom is 0.221 e. The van der Waals surface area contributed by atoms with Gasteiger partial charge >= 0.3 is 0 Å². The Morgan fingerprint density at radius 2 is 2.11 bits per heavy atom. The lowest BCUT2D eigenvalue weighted by atomic mass is 10.1. The Kier molecular flexibility index (Phi) is 5.09. The Labute approximate surface area is 108 Å². The van der Waals surface area contributed by atoms with Crippen LogP contribution < -0.4 is 10.6 Å². The maximum atomic E-state index is 11.5. The van der Waals surface area contributed by atoms with E-state index in [2.05, 4.69) is 15.6 Å². The average Bonchev–Trinajstić information content (AvgIpc) is 2.24. The lowest BCUT2D eigenvalue weighted by Gasteiger charge is -2.20. The zero-order valence-corrected chi connectivity index (χ0v) is 11.2. The molecule has 0 atom stereocenters. The van der Waals surface area contributed by atoms with Crippen molar-refractivity contribution in [2.24, 2.45) is 0 Å². The average molecular weight is 251 g/mol. The highest BCUT2D eigenvalue weighted by Gasteiger charge is 2.12. The number of nitrogens with one attached hydrogen (secondary N) is 2. The first-order valence-corrected chi connectivity index (χ1v) is 6.02. The molecule has 1 heterocycles. The van der Waals surface area contributed by atoms with E-state index in [0.29, 0.717) is 19.5 Å². The molecule has 1 aromatic heterocycles. The fraction of sp³-hybridized carbons (Fsp3) is 0.538. The van der Waals surface area contributed by atoms with Gasteiger partial charge in [0.15, 0.2) is 0 Å². The van der Waals surface area contributed by atoms with Crippen LogP contribution in [0.25, 0.3) is 0 Å². The molecule has 5 nitrogen and oxygen atoms in total. The first-order chi connectivity index (χ1) is 8.37. The second-order valence-corrected chi connectivity index (χ2v) is 5.23. The second kappa shape index (κ2) is 6.35. The summed E-state index contributed by atoms with van der Waals surface area (Å²) in [6.07, 6.45) is 1.85. The number of aromatic hydroxyl groups is 1. The largest absolute Gasteiger partial charge is 0.506 e. The number of nitrogens with zero attached hydrogens (tertiary/aromatic N) is 1. The number of carbonyl (C=O) groups excluding carboxylic acids is 1. The van der Waals surface area contributed by atoms with Crippen LogP contribution in [0.3, 0.4) is 0 Å². The molecule has 0 aliphatic heterocycles. The summed E-state index contributed by atoms with van der Waals surface area (Å²) >= 11 is 0. The Morgan fingerprint density at radius 3 is 2.67 bits per heavy atom. The fourth-order valence-electron chi connectivity index (χ4n) is 1.42. The lowest BCUT2D eigenvalue weighted by Crippen LogP contribution is -2.41. The van der Waals surface area contributed by atoms with Crippen molar-refractivity contribution in [3.05, 3.63) is 24.0 Å². The molecule has 0 radical (unpaired) electrons. The van der Waals surface area contributed by atoms with Gasteiger partial charge in [0.05, 0.1) is 11.9 Å². The van der Waals surface area contributed by atoms with Crippen molar-refractivity contribution < 1.29 is 9.90 Å². The van der Waals surface area contributed by atoms with E-state index in [1.54, 1.807) is 12.1 Å². The standard InChI is InChI=1S/C13H21N3O2/c1-13(2,3)16-12(18)6-7-14-8-10-4-5-11(17)9-15-10/h4-5,9,14,17H,6-8H2,1-3H3,(H,16,18). The number of rotatable bonds is 5. The van der Waals surface area contributed by atoms with Crippen LogP contribution in [0.2, 0.25) is 0 Å². The van der Waals surface area contributed by atoms with Crippen LogP contribution in [0.5, 0.6) is 5.75 Å². The minimum absolute atomic E-state index is 0.0358. The molecule has 0 aromatic carbocycles. The van der Waals surface area contributed by atoms with E-state index in [9.17, 15) is 4.79 Å². The van der Waals surface area contributed by atoms with Gasteiger partial charge in [0.25, 0.3) is 0 Å². The summed E-state index contributed by atoms with van der Waals surface area (Å²) in [6.45, 7) is 7.06. The summed E-state index contributed by atoms with van der Waals surface area (Å²) in [7, 11) is 0. The van der Waals surface area contributed by atoms with Crippen molar-refractivity contribution in [2.75, 3.05) is 6.54 Å². The third kappa shape index (κ3) is 6.20. The van der Waals surface area contributed by atoms with E-state index >= 15 is 0 Å². The van der Waals surface area contributed by atoms with Gasteiger partial charge < -0.3 is 15.7 Å².